The van der Waals surface area contributed by atoms with Gasteiger partial charge in [0.1, 0.15) is 5.75 Å². The van der Waals surface area contributed by atoms with Crippen molar-refractivity contribution in [2.45, 2.75) is 31.8 Å². The summed E-state index contributed by atoms with van der Waals surface area (Å²) in [6, 6.07) is 17.6. The number of fused-ring (bicyclic) bond motifs is 1. The Bertz CT molecular complexity index is 1210. The van der Waals surface area contributed by atoms with E-state index in [9.17, 15) is 9.59 Å². The summed E-state index contributed by atoms with van der Waals surface area (Å²) in [5, 5.41) is 4.08. The fourth-order valence-corrected chi connectivity index (χ4v) is 5.21. The number of likely N-dealkylation sites (tertiary alicyclic amines) is 1. The number of rotatable bonds is 8. The summed E-state index contributed by atoms with van der Waals surface area (Å²) in [6.45, 7) is 3.08. The number of H-pyrrole nitrogens is 1. The fourth-order valence-electron chi connectivity index (χ4n) is 5.21. The lowest BCUT2D eigenvalue weighted by Crippen LogP contribution is -2.44. The van der Waals surface area contributed by atoms with Crippen LogP contribution < -0.4 is 10.1 Å². The topological polar surface area (TPSA) is 83.7 Å². The molecule has 1 spiro atoms. The molecule has 1 atom stereocenters. The maximum atomic E-state index is 12.6. The first kappa shape index (κ1) is 24.1. The molecule has 1 aromatic heterocycles. The van der Waals surface area contributed by atoms with Gasteiger partial charge in [0, 0.05) is 42.8 Å². The van der Waals surface area contributed by atoms with E-state index >= 15 is 0 Å². The van der Waals surface area contributed by atoms with Crippen LogP contribution in [0.5, 0.6) is 5.75 Å². The van der Waals surface area contributed by atoms with Gasteiger partial charge in [-0.1, -0.05) is 36.4 Å². The second kappa shape index (κ2) is 11.0. The first-order valence-corrected chi connectivity index (χ1v) is 12.7. The van der Waals surface area contributed by atoms with Crippen molar-refractivity contribution in [3.63, 3.8) is 0 Å². The van der Waals surface area contributed by atoms with Gasteiger partial charge in [-0.15, -0.1) is 0 Å². The van der Waals surface area contributed by atoms with Crippen molar-refractivity contribution in [3.8, 4) is 5.75 Å². The van der Waals surface area contributed by atoms with E-state index in [2.05, 4.69) is 10.3 Å². The Morgan fingerprint density at radius 2 is 1.89 bits per heavy atom. The van der Waals surface area contributed by atoms with Crippen molar-refractivity contribution in [1.82, 2.24) is 15.2 Å². The van der Waals surface area contributed by atoms with E-state index < -0.39 is 0 Å². The molecule has 3 heterocycles. The number of hydrogen-bond acceptors (Lipinski definition) is 4. The highest BCUT2D eigenvalue weighted by molar-refractivity contribution is 5.96. The van der Waals surface area contributed by atoms with Crippen LogP contribution in [0.25, 0.3) is 17.0 Å². The quantitative estimate of drug-likeness (QED) is 0.468. The number of aromatic nitrogens is 1. The molecule has 188 valence electrons. The third-order valence-electron chi connectivity index (χ3n) is 7.33. The van der Waals surface area contributed by atoms with Crippen LogP contribution in [-0.4, -0.2) is 60.7 Å². The lowest BCUT2D eigenvalue weighted by atomic mass is 9.76. The van der Waals surface area contributed by atoms with Crippen LogP contribution in [0.4, 0.5) is 0 Å². The van der Waals surface area contributed by atoms with Crippen LogP contribution in [0.15, 0.2) is 66.9 Å². The van der Waals surface area contributed by atoms with Gasteiger partial charge in [0.15, 0.2) is 0 Å². The zero-order chi connectivity index (χ0) is 24.8. The summed E-state index contributed by atoms with van der Waals surface area (Å²) in [5.74, 6) is 0.811. The van der Waals surface area contributed by atoms with E-state index in [0.29, 0.717) is 26.2 Å². The molecule has 36 heavy (non-hydrogen) atoms. The van der Waals surface area contributed by atoms with Crippen molar-refractivity contribution >= 4 is 28.8 Å². The lowest BCUT2D eigenvalue weighted by Gasteiger charge is -2.38. The van der Waals surface area contributed by atoms with Gasteiger partial charge >= 0.3 is 0 Å². The third kappa shape index (κ3) is 5.79. The summed E-state index contributed by atoms with van der Waals surface area (Å²) in [5.41, 5.74) is 2.15. The molecular weight excluding hydrogens is 454 g/mol. The predicted molar refractivity (Wildman–Crippen MR) is 140 cm³/mol. The number of nitrogens with one attached hydrogen (secondary N) is 2. The number of piperidine rings is 1. The first-order chi connectivity index (χ1) is 17.6. The number of benzene rings is 2. The van der Waals surface area contributed by atoms with Crippen molar-refractivity contribution < 1.29 is 19.1 Å². The van der Waals surface area contributed by atoms with Crippen LogP contribution in [0.2, 0.25) is 0 Å². The summed E-state index contributed by atoms with van der Waals surface area (Å²) in [6.07, 6.45) is 8.50. The third-order valence-corrected chi connectivity index (χ3v) is 7.33. The number of hydrogen-bond donors (Lipinski definition) is 2. The molecule has 2 aliphatic rings. The number of para-hydroxylation sites is 2. The number of ether oxygens (including phenoxy) is 2. The molecule has 0 bridgehead atoms. The maximum Gasteiger partial charge on any atom is 0.244 e. The van der Waals surface area contributed by atoms with E-state index in [1.807, 2.05) is 71.8 Å². The molecule has 1 unspecified atom stereocenters. The maximum absolute atomic E-state index is 12.6. The number of carbonyl (C=O) groups excluding carboxylic acids is 2. The minimum atomic E-state index is -0.122. The summed E-state index contributed by atoms with van der Waals surface area (Å²) < 4.78 is 11.7. The normalized spacial score (nSPS) is 19.2. The van der Waals surface area contributed by atoms with Gasteiger partial charge in [-0.3, -0.25) is 9.59 Å². The van der Waals surface area contributed by atoms with Gasteiger partial charge in [0.05, 0.1) is 25.7 Å². The fraction of sp³-hybridized carbons (Fsp3) is 0.379. The average Bonchev–Trinajstić information content (AvgIpc) is 3.51. The molecule has 5 rings (SSSR count). The highest BCUT2D eigenvalue weighted by atomic mass is 16.5. The minimum Gasteiger partial charge on any atom is -0.493 e. The van der Waals surface area contributed by atoms with Gasteiger partial charge in [0.2, 0.25) is 11.8 Å². The smallest absolute Gasteiger partial charge is 0.244 e. The number of amides is 2. The molecule has 0 radical (unpaired) electrons. The Morgan fingerprint density at radius 1 is 1.11 bits per heavy atom. The molecule has 2 aromatic carbocycles. The van der Waals surface area contributed by atoms with Crippen LogP contribution in [-0.2, 0) is 14.3 Å². The summed E-state index contributed by atoms with van der Waals surface area (Å²) in [7, 11) is 0. The first-order valence-electron chi connectivity index (χ1n) is 12.7. The van der Waals surface area contributed by atoms with Crippen LogP contribution in [0.3, 0.4) is 0 Å². The lowest BCUT2D eigenvalue weighted by molar-refractivity contribution is -0.134. The molecule has 2 N–H and O–H groups in total. The molecule has 2 aliphatic heterocycles. The molecule has 7 nitrogen and oxygen atoms in total. The Labute approximate surface area is 211 Å². The van der Waals surface area contributed by atoms with Gasteiger partial charge in [0.25, 0.3) is 0 Å². The summed E-state index contributed by atoms with van der Waals surface area (Å²) in [4.78, 5) is 30.2. The number of carbonyl (C=O) groups is 2. The highest BCUT2D eigenvalue weighted by Crippen LogP contribution is 2.41. The van der Waals surface area contributed by atoms with Crippen LogP contribution in [0, 0.1) is 5.41 Å². The second-order valence-corrected chi connectivity index (χ2v) is 9.80. The Hall–Kier alpha value is -3.58. The van der Waals surface area contributed by atoms with Gasteiger partial charge in [-0.2, -0.15) is 0 Å². The molecule has 3 aromatic rings. The second-order valence-electron chi connectivity index (χ2n) is 9.80. The van der Waals surface area contributed by atoms with Crippen molar-refractivity contribution in [1.29, 1.82) is 0 Å². The van der Waals surface area contributed by atoms with Crippen molar-refractivity contribution in [2.75, 3.05) is 32.8 Å². The Kier molecular flexibility index (Phi) is 7.37. The predicted octanol–water partition coefficient (Wildman–Crippen LogP) is 4.16. The van der Waals surface area contributed by atoms with E-state index in [1.165, 1.54) is 0 Å². The molecule has 7 heteroatoms. The van der Waals surface area contributed by atoms with E-state index in [-0.39, 0.29) is 23.3 Å². The van der Waals surface area contributed by atoms with Crippen molar-refractivity contribution in [2.24, 2.45) is 5.41 Å². The highest BCUT2D eigenvalue weighted by Gasteiger charge is 2.42. The number of nitrogens with zero attached hydrogens (tertiary/aromatic N) is 1. The number of aromatic amines is 1. The molecule has 2 fully saturated rings. The molecule has 2 amide bonds. The van der Waals surface area contributed by atoms with Crippen LogP contribution in [0.1, 0.15) is 31.2 Å². The van der Waals surface area contributed by atoms with E-state index in [1.54, 1.807) is 6.08 Å². The standard InChI is InChI=1S/C29H33N3O4/c33-27(11-10-22-19-30-26-9-5-4-8-25(22)26)31-20-24-18-29(21-36-24)13-15-32(16-14-29)28(34)12-17-35-23-6-2-1-3-7-23/h1-11,19,24,30H,12-18,20-21H2,(H,31,33)/b11-10-. The summed E-state index contributed by atoms with van der Waals surface area (Å²) >= 11 is 0. The molecule has 0 saturated carbocycles. The zero-order valence-electron chi connectivity index (χ0n) is 20.4. The minimum absolute atomic E-state index is 0.0111. The van der Waals surface area contributed by atoms with Crippen molar-refractivity contribution in [3.05, 3.63) is 72.4 Å². The molecular formula is C29H33N3O4. The molecule has 2 saturated heterocycles. The van der Waals surface area contributed by atoms with Gasteiger partial charge in [-0.05, 0) is 54.5 Å². The largest absolute Gasteiger partial charge is 0.493 e. The van der Waals surface area contributed by atoms with Crippen LogP contribution >= 0.6 is 0 Å². The van der Waals surface area contributed by atoms with Gasteiger partial charge < -0.3 is 24.7 Å². The Balaban J connectivity index is 1.02. The van der Waals surface area contributed by atoms with Gasteiger partial charge in [-0.25, -0.2) is 0 Å². The van der Waals surface area contributed by atoms with E-state index in [0.717, 1.165) is 54.6 Å². The van der Waals surface area contributed by atoms with E-state index in [4.69, 9.17) is 9.47 Å². The monoisotopic (exact) mass is 487 g/mol. The Morgan fingerprint density at radius 3 is 2.72 bits per heavy atom. The zero-order valence-corrected chi connectivity index (χ0v) is 20.4. The SMILES string of the molecule is O=C(/C=C\c1c[nH]c2ccccc12)NCC1CC2(CCN(C(=O)CCOc3ccccc3)CC2)CO1. The molecule has 0 aliphatic carbocycles. The average molecular weight is 488 g/mol.